The van der Waals surface area contributed by atoms with E-state index in [1.165, 1.54) is 0 Å². The Bertz CT molecular complexity index is 999. The molecule has 2 unspecified atom stereocenters. The summed E-state index contributed by atoms with van der Waals surface area (Å²) in [5.41, 5.74) is 3.51. The first-order valence-corrected chi connectivity index (χ1v) is 10.2. The van der Waals surface area contributed by atoms with Crippen LogP contribution in [0.2, 0.25) is 5.02 Å². The third-order valence-electron chi connectivity index (χ3n) is 5.03. The van der Waals surface area contributed by atoms with Crippen LogP contribution in [0.25, 0.3) is 10.9 Å². The van der Waals surface area contributed by atoms with E-state index in [9.17, 15) is 9.90 Å². The Morgan fingerprint density at radius 1 is 1.24 bits per heavy atom. The molecule has 2 atom stereocenters. The summed E-state index contributed by atoms with van der Waals surface area (Å²) in [6, 6.07) is 15.5. The van der Waals surface area contributed by atoms with Crippen LogP contribution in [0.15, 0.2) is 48.5 Å². The van der Waals surface area contributed by atoms with Gasteiger partial charge in [0, 0.05) is 35.6 Å². The van der Waals surface area contributed by atoms with E-state index < -0.39 is 6.10 Å². The van der Waals surface area contributed by atoms with E-state index in [1.807, 2.05) is 35.9 Å². The van der Waals surface area contributed by atoms with E-state index >= 15 is 0 Å². The molecular formula is C23H27ClN2O3. The number of esters is 1. The largest absolute Gasteiger partial charge is 0.461 e. The van der Waals surface area contributed by atoms with Gasteiger partial charge in [0.15, 0.2) is 0 Å². The molecule has 3 rings (SSSR count). The monoisotopic (exact) mass is 414 g/mol. The molecule has 1 heterocycles. The van der Waals surface area contributed by atoms with Crippen LogP contribution in [0.4, 0.5) is 0 Å². The van der Waals surface area contributed by atoms with Crippen LogP contribution >= 0.6 is 11.6 Å². The number of aryl methyl sites for hydroxylation is 1. The lowest BCUT2D eigenvalue weighted by molar-refractivity contribution is 0.0516. The SMILES string of the molecule is CCOC(=O)c1cc2cc(CC(C)NCC(O)c3cccc(Cl)c3)ccc2n1C. The van der Waals surface area contributed by atoms with Crippen LogP contribution in [0.3, 0.4) is 0 Å². The van der Waals surface area contributed by atoms with Crippen molar-refractivity contribution in [2.75, 3.05) is 13.2 Å². The third-order valence-corrected chi connectivity index (χ3v) is 5.26. The minimum Gasteiger partial charge on any atom is -0.461 e. The first kappa shape index (κ1) is 21.4. The second-order valence-corrected chi connectivity index (χ2v) is 7.72. The minimum absolute atomic E-state index is 0.175. The van der Waals surface area contributed by atoms with Crippen LogP contribution in [0, 0.1) is 0 Å². The maximum Gasteiger partial charge on any atom is 0.354 e. The normalized spacial score (nSPS) is 13.4. The molecule has 0 amide bonds. The number of nitrogens with zero attached hydrogens (tertiary/aromatic N) is 1. The zero-order valence-electron chi connectivity index (χ0n) is 17.0. The molecule has 3 aromatic rings. The number of benzene rings is 2. The minimum atomic E-state index is -0.611. The predicted molar refractivity (Wildman–Crippen MR) is 116 cm³/mol. The maximum absolute atomic E-state index is 12.1. The van der Waals surface area contributed by atoms with Gasteiger partial charge in [-0.25, -0.2) is 4.79 Å². The summed E-state index contributed by atoms with van der Waals surface area (Å²) < 4.78 is 6.99. The molecule has 2 N–H and O–H groups in total. The molecule has 29 heavy (non-hydrogen) atoms. The van der Waals surface area contributed by atoms with Gasteiger partial charge in [0.1, 0.15) is 5.69 Å². The van der Waals surface area contributed by atoms with Crippen LogP contribution in [0.5, 0.6) is 0 Å². The second kappa shape index (κ2) is 9.44. The third kappa shape index (κ3) is 5.18. The van der Waals surface area contributed by atoms with Gasteiger partial charge in [0.25, 0.3) is 0 Å². The zero-order valence-corrected chi connectivity index (χ0v) is 17.7. The number of hydrogen-bond acceptors (Lipinski definition) is 4. The van der Waals surface area contributed by atoms with Gasteiger partial charge in [-0.2, -0.15) is 0 Å². The van der Waals surface area contributed by atoms with Crippen molar-refractivity contribution in [3.05, 3.63) is 70.4 Å². The number of ether oxygens (including phenoxy) is 1. The molecule has 0 aliphatic heterocycles. The van der Waals surface area contributed by atoms with E-state index in [1.54, 1.807) is 19.1 Å². The number of fused-ring (bicyclic) bond motifs is 1. The van der Waals surface area contributed by atoms with Crippen LogP contribution in [-0.2, 0) is 18.2 Å². The number of carbonyl (C=O) groups excluding carboxylic acids is 1. The fourth-order valence-corrected chi connectivity index (χ4v) is 3.70. The number of aromatic nitrogens is 1. The Balaban J connectivity index is 1.64. The molecule has 0 spiro atoms. The van der Waals surface area contributed by atoms with Gasteiger partial charge in [0.2, 0.25) is 0 Å². The average molecular weight is 415 g/mol. The molecule has 1 aromatic heterocycles. The van der Waals surface area contributed by atoms with E-state index in [-0.39, 0.29) is 12.0 Å². The molecule has 0 radical (unpaired) electrons. The number of nitrogens with one attached hydrogen (secondary N) is 1. The van der Waals surface area contributed by atoms with Gasteiger partial charge in [-0.05, 0) is 61.7 Å². The smallest absolute Gasteiger partial charge is 0.354 e. The first-order valence-electron chi connectivity index (χ1n) is 9.81. The average Bonchev–Trinajstić information content (AvgIpc) is 3.02. The molecular weight excluding hydrogens is 388 g/mol. The molecule has 6 heteroatoms. The van der Waals surface area contributed by atoms with Crippen molar-refractivity contribution < 1.29 is 14.6 Å². The Morgan fingerprint density at radius 2 is 2.03 bits per heavy atom. The summed E-state index contributed by atoms with van der Waals surface area (Å²) in [5.74, 6) is -0.308. The molecule has 0 saturated heterocycles. The summed E-state index contributed by atoms with van der Waals surface area (Å²) in [6.07, 6.45) is 0.196. The molecule has 5 nitrogen and oxygen atoms in total. The highest BCUT2D eigenvalue weighted by Gasteiger charge is 2.15. The number of rotatable bonds is 8. The van der Waals surface area contributed by atoms with Gasteiger partial charge >= 0.3 is 5.97 Å². The van der Waals surface area contributed by atoms with E-state index in [0.717, 1.165) is 28.5 Å². The predicted octanol–water partition coefficient (Wildman–Crippen LogP) is 4.26. The van der Waals surface area contributed by atoms with E-state index in [2.05, 4.69) is 24.4 Å². The van der Waals surface area contributed by atoms with Crippen LogP contribution in [0.1, 0.15) is 41.6 Å². The van der Waals surface area contributed by atoms with Crippen molar-refractivity contribution in [2.45, 2.75) is 32.4 Å². The Morgan fingerprint density at radius 3 is 2.76 bits per heavy atom. The first-order chi connectivity index (χ1) is 13.9. The fourth-order valence-electron chi connectivity index (χ4n) is 3.50. The number of aliphatic hydroxyl groups excluding tert-OH is 1. The van der Waals surface area contributed by atoms with Gasteiger partial charge in [0.05, 0.1) is 12.7 Å². The summed E-state index contributed by atoms with van der Waals surface area (Å²) in [5, 5.41) is 15.4. The Labute approximate surface area is 176 Å². The van der Waals surface area contributed by atoms with Crippen molar-refractivity contribution in [2.24, 2.45) is 7.05 Å². The van der Waals surface area contributed by atoms with Crippen molar-refractivity contribution in [1.29, 1.82) is 0 Å². The van der Waals surface area contributed by atoms with Crippen molar-refractivity contribution in [3.63, 3.8) is 0 Å². The highest BCUT2D eigenvalue weighted by Crippen LogP contribution is 2.22. The summed E-state index contributed by atoms with van der Waals surface area (Å²) >= 11 is 5.99. The van der Waals surface area contributed by atoms with Gasteiger partial charge in [-0.1, -0.05) is 29.8 Å². The Hall–Kier alpha value is -2.34. The van der Waals surface area contributed by atoms with E-state index in [0.29, 0.717) is 23.9 Å². The second-order valence-electron chi connectivity index (χ2n) is 7.29. The standard InChI is InChI=1S/C23H27ClN2O3/c1-4-29-23(28)21-13-18-11-16(8-9-20(18)26(21)3)10-15(2)25-14-22(27)17-6-5-7-19(24)12-17/h5-9,11-13,15,22,25,27H,4,10,14H2,1-3H3. The lowest BCUT2D eigenvalue weighted by Gasteiger charge is -2.18. The number of carbonyl (C=O) groups is 1. The molecule has 154 valence electrons. The molecule has 0 aliphatic rings. The summed E-state index contributed by atoms with van der Waals surface area (Å²) in [4.78, 5) is 12.1. The summed E-state index contributed by atoms with van der Waals surface area (Å²) in [6.45, 7) is 4.69. The number of hydrogen-bond donors (Lipinski definition) is 2. The zero-order chi connectivity index (χ0) is 21.0. The summed E-state index contributed by atoms with van der Waals surface area (Å²) in [7, 11) is 1.87. The van der Waals surface area contributed by atoms with Crippen molar-refractivity contribution >= 4 is 28.5 Å². The fraction of sp³-hybridized carbons (Fsp3) is 0.348. The lowest BCUT2D eigenvalue weighted by atomic mass is 10.0. The van der Waals surface area contributed by atoms with Gasteiger partial charge in [-0.15, -0.1) is 0 Å². The molecule has 2 aromatic carbocycles. The lowest BCUT2D eigenvalue weighted by Crippen LogP contribution is -2.32. The van der Waals surface area contributed by atoms with Gasteiger partial charge in [-0.3, -0.25) is 0 Å². The van der Waals surface area contributed by atoms with Crippen LogP contribution < -0.4 is 5.32 Å². The van der Waals surface area contributed by atoms with Crippen LogP contribution in [-0.4, -0.2) is 34.8 Å². The van der Waals surface area contributed by atoms with E-state index in [4.69, 9.17) is 16.3 Å². The number of aliphatic hydroxyl groups is 1. The highest BCUT2D eigenvalue weighted by molar-refractivity contribution is 6.30. The van der Waals surface area contributed by atoms with Crippen molar-refractivity contribution in [3.8, 4) is 0 Å². The quantitative estimate of drug-likeness (QED) is 0.540. The highest BCUT2D eigenvalue weighted by atomic mass is 35.5. The maximum atomic E-state index is 12.1. The topological polar surface area (TPSA) is 63.5 Å². The van der Waals surface area contributed by atoms with Gasteiger partial charge < -0.3 is 19.7 Å². The molecule has 0 aliphatic carbocycles. The Kier molecular flexibility index (Phi) is 6.96. The molecule has 0 fully saturated rings. The van der Waals surface area contributed by atoms with Crippen molar-refractivity contribution in [1.82, 2.24) is 9.88 Å². The molecule has 0 saturated carbocycles. The molecule has 0 bridgehead atoms. The number of halogens is 1.